The van der Waals surface area contributed by atoms with Crippen LogP contribution in [-0.2, 0) is 4.79 Å². The third-order valence-electron chi connectivity index (χ3n) is 9.73. The molecular formula is C43H83NO4. The Kier molecular flexibility index (Phi) is 37.7. The topological polar surface area (TPSA) is 89.8 Å². The zero-order valence-electron chi connectivity index (χ0n) is 32.1. The average Bonchev–Trinajstić information content (AvgIpc) is 3.08. The fourth-order valence-corrected chi connectivity index (χ4v) is 6.45. The summed E-state index contributed by atoms with van der Waals surface area (Å²) in [5.41, 5.74) is 0. The minimum atomic E-state index is -0.927. The summed E-state index contributed by atoms with van der Waals surface area (Å²) in [7, 11) is 0. The van der Waals surface area contributed by atoms with E-state index in [-0.39, 0.29) is 18.9 Å². The molecule has 0 saturated heterocycles. The van der Waals surface area contributed by atoms with Crippen LogP contribution in [0.1, 0.15) is 219 Å². The van der Waals surface area contributed by atoms with Crippen LogP contribution in [-0.4, -0.2) is 46.1 Å². The van der Waals surface area contributed by atoms with E-state index in [4.69, 9.17) is 0 Å². The van der Waals surface area contributed by atoms with Crippen LogP contribution in [0.25, 0.3) is 0 Å². The van der Waals surface area contributed by atoms with Gasteiger partial charge in [0.1, 0.15) is 0 Å². The van der Waals surface area contributed by atoms with Crippen molar-refractivity contribution in [3.05, 3.63) is 24.3 Å². The summed E-state index contributed by atoms with van der Waals surface area (Å²) in [6.45, 7) is 4.20. The molecule has 0 aromatic rings. The van der Waals surface area contributed by atoms with Gasteiger partial charge in [-0.15, -0.1) is 0 Å². The molecule has 0 spiro atoms. The average molecular weight is 678 g/mol. The second-order valence-corrected chi connectivity index (χ2v) is 14.6. The number of aliphatic hydroxyl groups is 3. The molecule has 0 rings (SSSR count). The van der Waals surface area contributed by atoms with Gasteiger partial charge in [0.15, 0.2) is 0 Å². The van der Waals surface area contributed by atoms with Crippen molar-refractivity contribution in [3.63, 3.8) is 0 Å². The molecule has 0 fully saturated rings. The Morgan fingerprint density at radius 2 is 0.875 bits per heavy atom. The molecule has 0 aliphatic rings. The van der Waals surface area contributed by atoms with Gasteiger partial charge in [0.2, 0.25) is 5.91 Å². The van der Waals surface area contributed by atoms with E-state index in [0.717, 1.165) is 38.5 Å². The SMILES string of the molecule is CCCCCCCCCCCC/C=C/C(O)C(CO)NC(=O)CC(O)CCCCCCC/C=C\CCCCCCCCCCCCCC. The Bertz CT molecular complexity index is 709. The van der Waals surface area contributed by atoms with Gasteiger partial charge in [-0.1, -0.05) is 192 Å². The van der Waals surface area contributed by atoms with Crippen molar-refractivity contribution in [1.29, 1.82) is 0 Å². The van der Waals surface area contributed by atoms with Gasteiger partial charge in [0.05, 0.1) is 31.3 Å². The third-order valence-corrected chi connectivity index (χ3v) is 9.73. The third kappa shape index (κ3) is 34.7. The summed E-state index contributed by atoms with van der Waals surface area (Å²) < 4.78 is 0. The molecule has 0 saturated carbocycles. The highest BCUT2D eigenvalue weighted by molar-refractivity contribution is 5.76. The van der Waals surface area contributed by atoms with Crippen molar-refractivity contribution in [3.8, 4) is 0 Å². The first-order chi connectivity index (χ1) is 23.5. The standard InChI is InChI=1S/C43H83NO4/c1-3-5-7-9-11-13-15-17-18-19-20-21-22-23-24-25-26-28-30-32-34-36-40(46)38-43(48)44-41(39-45)42(47)37-35-33-31-29-27-16-14-12-10-8-6-4-2/h23-24,35,37,40-42,45-47H,3-22,25-34,36,38-39H2,1-2H3,(H,44,48)/b24-23-,37-35+. The van der Waals surface area contributed by atoms with Crippen LogP contribution in [0, 0.1) is 0 Å². The van der Waals surface area contributed by atoms with Gasteiger partial charge in [-0.05, 0) is 44.9 Å². The van der Waals surface area contributed by atoms with Gasteiger partial charge < -0.3 is 20.6 Å². The minimum absolute atomic E-state index is 0.00945. The molecule has 48 heavy (non-hydrogen) atoms. The smallest absolute Gasteiger partial charge is 0.222 e. The number of rotatable bonds is 38. The number of unbranched alkanes of at least 4 members (excludes halogenated alkanes) is 27. The zero-order chi connectivity index (χ0) is 35.2. The predicted octanol–water partition coefficient (Wildman–Crippen LogP) is 11.8. The maximum atomic E-state index is 12.4. The van der Waals surface area contributed by atoms with Crippen LogP contribution < -0.4 is 5.32 Å². The molecular weight excluding hydrogens is 594 g/mol. The molecule has 0 aliphatic carbocycles. The number of aliphatic hydroxyl groups excluding tert-OH is 3. The molecule has 4 N–H and O–H groups in total. The van der Waals surface area contributed by atoms with Crippen LogP contribution in [0.15, 0.2) is 24.3 Å². The molecule has 3 unspecified atom stereocenters. The molecule has 5 nitrogen and oxygen atoms in total. The van der Waals surface area contributed by atoms with E-state index in [0.29, 0.717) is 6.42 Å². The van der Waals surface area contributed by atoms with Crippen LogP contribution >= 0.6 is 0 Å². The minimum Gasteiger partial charge on any atom is -0.394 e. The quantitative estimate of drug-likeness (QED) is 0.0387. The molecule has 3 atom stereocenters. The van der Waals surface area contributed by atoms with Crippen LogP contribution in [0.4, 0.5) is 0 Å². The van der Waals surface area contributed by atoms with E-state index in [1.807, 2.05) is 6.08 Å². The van der Waals surface area contributed by atoms with Crippen molar-refractivity contribution in [2.75, 3.05) is 6.61 Å². The van der Waals surface area contributed by atoms with Gasteiger partial charge in [0, 0.05) is 0 Å². The molecule has 0 aromatic heterocycles. The van der Waals surface area contributed by atoms with Crippen molar-refractivity contribution in [2.24, 2.45) is 0 Å². The Morgan fingerprint density at radius 3 is 1.27 bits per heavy atom. The molecule has 0 bridgehead atoms. The molecule has 0 aliphatic heterocycles. The van der Waals surface area contributed by atoms with Crippen molar-refractivity contribution in [1.82, 2.24) is 5.32 Å². The fourth-order valence-electron chi connectivity index (χ4n) is 6.45. The van der Waals surface area contributed by atoms with Crippen LogP contribution in [0.3, 0.4) is 0 Å². The molecule has 0 radical (unpaired) electrons. The van der Waals surface area contributed by atoms with E-state index in [9.17, 15) is 20.1 Å². The monoisotopic (exact) mass is 678 g/mol. The number of amides is 1. The van der Waals surface area contributed by atoms with Gasteiger partial charge >= 0.3 is 0 Å². The first kappa shape index (κ1) is 46.8. The highest BCUT2D eigenvalue weighted by Crippen LogP contribution is 2.15. The van der Waals surface area contributed by atoms with E-state index < -0.39 is 18.2 Å². The normalized spacial score (nSPS) is 13.9. The maximum absolute atomic E-state index is 12.4. The Labute approximate surface area is 299 Å². The number of allylic oxidation sites excluding steroid dienone is 3. The summed E-state index contributed by atoms with van der Waals surface area (Å²) in [5, 5.41) is 33.1. The number of hydrogen-bond acceptors (Lipinski definition) is 4. The van der Waals surface area contributed by atoms with Crippen molar-refractivity contribution >= 4 is 5.91 Å². The van der Waals surface area contributed by atoms with Crippen LogP contribution in [0.2, 0.25) is 0 Å². The highest BCUT2D eigenvalue weighted by atomic mass is 16.3. The van der Waals surface area contributed by atoms with Gasteiger partial charge in [0.25, 0.3) is 0 Å². The summed E-state index contributed by atoms with van der Waals surface area (Å²) in [6, 6.07) is -0.743. The Morgan fingerprint density at radius 1 is 0.521 bits per heavy atom. The van der Waals surface area contributed by atoms with E-state index in [1.165, 1.54) is 154 Å². The lowest BCUT2D eigenvalue weighted by Crippen LogP contribution is -2.45. The first-order valence-corrected chi connectivity index (χ1v) is 21.1. The van der Waals surface area contributed by atoms with Crippen molar-refractivity contribution in [2.45, 2.75) is 238 Å². The lowest BCUT2D eigenvalue weighted by molar-refractivity contribution is -0.124. The molecule has 284 valence electrons. The number of carbonyl (C=O) groups excluding carboxylic acids is 1. The van der Waals surface area contributed by atoms with E-state index in [2.05, 4.69) is 31.3 Å². The Hall–Kier alpha value is -1.17. The van der Waals surface area contributed by atoms with Gasteiger partial charge in [-0.25, -0.2) is 0 Å². The van der Waals surface area contributed by atoms with E-state index in [1.54, 1.807) is 6.08 Å². The number of nitrogens with one attached hydrogen (secondary N) is 1. The second-order valence-electron chi connectivity index (χ2n) is 14.6. The van der Waals surface area contributed by atoms with Crippen LogP contribution in [0.5, 0.6) is 0 Å². The molecule has 0 heterocycles. The summed E-state index contributed by atoms with van der Waals surface area (Å²) in [6.07, 6.45) is 46.0. The first-order valence-electron chi connectivity index (χ1n) is 21.1. The second kappa shape index (κ2) is 38.6. The highest BCUT2D eigenvalue weighted by Gasteiger charge is 2.20. The Balaban J connectivity index is 3.65. The number of hydrogen-bond donors (Lipinski definition) is 4. The number of carbonyl (C=O) groups is 1. The summed E-state index contributed by atoms with van der Waals surface area (Å²) in [5.74, 6) is -0.320. The predicted molar refractivity (Wildman–Crippen MR) is 208 cm³/mol. The maximum Gasteiger partial charge on any atom is 0.222 e. The van der Waals surface area contributed by atoms with Gasteiger partial charge in [-0.2, -0.15) is 0 Å². The van der Waals surface area contributed by atoms with Gasteiger partial charge in [-0.3, -0.25) is 4.79 Å². The van der Waals surface area contributed by atoms with E-state index >= 15 is 0 Å². The van der Waals surface area contributed by atoms with Crippen molar-refractivity contribution < 1.29 is 20.1 Å². The lowest BCUT2D eigenvalue weighted by atomic mass is 10.0. The summed E-state index contributed by atoms with van der Waals surface area (Å²) >= 11 is 0. The zero-order valence-corrected chi connectivity index (χ0v) is 32.1. The largest absolute Gasteiger partial charge is 0.394 e. The summed E-state index contributed by atoms with van der Waals surface area (Å²) in [4.78, 5) is 12.4. The molecule has 5 heteroatoms. The molecule has 0 aromatic carbocycles. The fraction of sp³-hybridized carbons (Fsp3) is 0.884. The lowest BCUT2D eigenvalue weighted by Gasteiger charge is -2.21. The molecule has 1 amide bonds.